The van der Waals surface area contributed by atoms with Gasteiger partial charge in [0.2, 0.25) is 5.91 Å². The van der Waals surface area contributed by atoms with Crippen LogP contribution in [-0.2, 0) is 19.1 Å². The van der Waals surface area contributed by atoms with Gasteiger partial charge in [0.05, 0.1) is 17.3 Å². The molecule has 0 radical (unpaired) electrons. The van der Waals surface area contributed by atoms with Crippen molar-refractivity contribution in [3.8, 4) is 0 Å². The number of nitrogens with one attached hydrogen (secondary N) is 3. The molecule has 4 rings (SSSR count). The minimum atomic E-state index is -4.69. The molecule has 2 aromatic rings. The minimum absolute atomic E-state index is 0.287. The zero-order valence-corrected chi connectivity index (χ0v) is 25.3. The first kappa shape index (κ1) is 32.4. The Labute approximate surface area is 249 Å². The van der Waals surface area contributed by atoms with Gasteiger partial charge < -0.3 is 10.1 Å². The number of halogens is 3. The molecule has 0 saturated carbocycles. The van der Waals surface area contributed by atoms with E-state index in [4.69, 9.17) is 4.74 Å². The number of esters is 1. The van der Waals surface area contributed by atoms with Crippen LogP contribution in [0.1, 0.15) is 71.7 Å². The number of benzene rings is 1. The van der Waals surface area contributed by atoms with E-state index in [0.717, 1.165) is 5.39 Å². The molecule has 9 nitrogen and oxygen atoms in total. The van der Waals surface area contributed by atoms with Gasteiger partial charge in [0, 0.05) is 17.3 Å². The topological polar surface area (TPSA) is 113 Å². The van der Waals surface area contributed by atoms with Gasteiger partial charge >= 0.3 is 12.1 Å². The van der Waals surface area contributed by atoms with Crippen molar-refractivity contribution < 1.29 is 32.3 Å². The van der Waals surface area contributed by atoms with E-state index in [2.05, 4.69) is 21.0 Å². The van der Waals surface area contributed by atoms with E-state index in [9.17, 15) is 27.6 Å². The highest BCUT2D eigenvalue weighted by molar-refractivity contribution is 5.90. The van der Waals surface area contributed by atoms with Crippen molar-refractivity contribution in [2.75, 3.05) is 6.54 Å². The maximum absolute atomic E-state index is 14.5. The van der Waals surface area contributed by atoms with E-state index in [0.29, 0.717) is 29.6 Å². The Morgan fingerprint density at radius 2 is 1.79 bits per heavy atom. The van der Waals surface area contributed by atoms with Crippen molar-refractivity contribution in [1.82, 2.24) is 26.1 Å². The highest BCUT2D eigenvalue weighted by Crippen LogP contribution is 2.36. The lowest BCUT2D eigenvalue weighted by Crippen LogP contribution is -2.63. The van der Waals surface area contributed by atoms with Gasteiger partial charge in [-0.05, 0) is 50.3 Å². The summed E-state index contributed by atoms with van der Waals surface area (Å²) in [5, 5.41) is 7.21. The summed E-state index contributed by atoms with van der Waals surface area (Å²) in [6.07, 6.45) is -1.36. The lowest BCUT2D eigenvalue weighted by molar-refractivity contribution is -0.177. The molecule has 5 atom stereocenters. The predicted octanol–water partition coefficient (Wildman–Crippen LogP) is 4.44. The second-order valence-electron chi connectivity index (χ2n) is 12.3. The van der Waals surface area contributed by atoms with Crippen molar-refractivity contribution in [2.24, 2.45) is 11.3 Å². The summed E-state index contributed by atoms with van der Waals surface area (Å²) in [5.41, 5.74) is 3.17. The largest absolute Gasteiger partial charge is 0.455 e. The molecule has 2 aliphatic rings. The van der Waals surface area contributed by atoms with Crippen LogP contribution in [0.4, 0.5) is 13.2 Å². The fraction of sp³-hybridized carbons (Fsp3) is 0.548. The molecule has 1 aromatic heterocycles. The molecule has 3 N–H and O–H groups in total. The molecule has 2 amide bonds. The fourth-order valence-corrected chi connectivity index (χ4v) is 5.40. The van der Waals surface area contributed by atoms with E-state index >= 15 is 0 Å². The Morgan fingerprint density at radius 1 is 1.09 bits per heavy atom. The summed E-state index contributed by atoms with van der Waals surface area (Å²) in [6.45, 7) is 9.64. The number of aromatic nitrogens is 1. The Balaban J connectivity index is 1.76. The third-order valence-electron chi connectivity index (χ3n) is 7.99. The second kappa shape index (κ2) is 12.6. The van der Waals surface area contributed by atoms with Gasteiger partial charge in [-0.15, -0.1) is 0 Å². The lowest BCUT2D eigenvalue weighted by atomic mass is 9.82. The summed E-state index contributed by atoms with van der Waals surface area (Å²) in [5.74, 6) is -2.32. The van der Waals surface area contributed by atoms with Crippen LogP contribution in [0.15, 0.2) is 36.4 Å². The van der Waals surface area contributed by atoms with Gasteiger partial charge in [-0.2, -0.15) is 13.2 Å². The molecule has 0 spiro atoms. The quantitative estimate of drug-likeness (QED) is 0.414. The second-order valence-corrected chi connectivity index (χ2v) is 12.3. The number of carbonyl (C=O) groups is 3. The van der Waals surface area contributed by atoms with Gasteiger partial charge in [-0.1, -0.05) is 58.0 Å². The van der Waals surface area contributed by atoms with Gasteiger partial charge in [0.15, 0.2) is 0 Å². The first-order valence-electron chi connectivity index (χ1n) is 14.6. The Kier molecular flexibility index (Phi) is 9.51. The molecule has 2 aliphatic heterocycles. The molecular weight excluding hydrogens is 563 g/mol. The normalized spacial score (nSPS) is 28.5. The van der Waals surface area contributed by atoms with E-state index < -0.39 is 65.6 Å². The third-order valence-corrected chi connectivity index (χ3v) is 7.99. The van der Waals surface area contributed by atoms with Crippen LogP contribution in [0.2, 0.25) is 0 Å². The fourth-order valence-electron chi connectivity index (χ4n) is 5.40. The van der Waals surface area contributed by atoms with E-state index in [1.807, 2.05) is 12.1 Å². The SMILES string of the molecule is CC(C)C1N[C@@H](C(F)(F)F)C(C)(C)/C=C/c2ccc3ccc(nc3c2)[C@@H](C)OC(=O)[C@@H]2CCCN(N2)C(=O)[C@H](C)NC1=O. The van der Waals surface area contributed by atoms with Gasteiger partial charge in [0.1, 0.15) is 24.2 Å². The number of hydrogen-bond acceptors (Lipinski definition) is 7. The number of carbonyl (C=O) groups excluding carboxylic acids is 3. The Morgan fingerprint density at radius 3 is 2.47 bits per heavy atom. The number of hydrazine groups is 1. The summed E-state index contributed by atoms with van der Waals surface area (Å²) in [7, 11) is 0. The van der Waals surface area contributed by atoms with Gasteiger partial charge in [-0.25, -0.2) is 10.4 Å². The number of ether oxygens (including phenoxy) is 1. The summed E-state index contributed by atoms with van der Waals surface area (Å²) in [4.78, 5) is 44.3. The monoisotopic (exact) mass is 603 g/mol. The Bertz CT molecular complexity index is 1390. The summed E-state index contributed by atoms with van der Waals surface area (Å²) < 4.78 is 49.3. The van der Waals surface area contributed by atoms with Crippen LogP contribution in [0.3, 0.4) is 0 Å². The zero-order valence-electron chi connectivity index (χ0n) is 25.3. The van der Waals surface area contributed by atoms with Crippen LogP contribution in [0, 0.1) is 11.3 Å². The number of fused-ring (bicyclic) bond motifs is 4. The first-order valence-corrected chi connectivity index (χ1v) is 14.6. The lowest BCUT2D eigenvalue weighted by Gasteiger charge is -2.38. The first-order chi connectivity index (χ1) is 20.1. The molecule has 1 fully saturated rings. The van der Waals surface area contributed by atoms with Gasteiger partial charge in [0.25, 0.3) is 5.91 Å². The highest BCUT2D eigenvalue weighted by atomic mass is 19.4. The summed E-state index contributed by atoms with van der Waals surface area (Å²) >= 11 is 0. The van der Waals surface area contributed by atoms with Crippen molar-refractivity contribution in [3.05, 3.63) is 47.7 Å². The molecule has 1 saturated heterocycles. The molecule has 12 heteroatoms. The van der Waals surface area contributed by atoms with Crippen molar-refractivity contribution in [2.45, 2.75) is 90.8 Å². The molecule has 3 heterocycles. The molecule has 1 unspecified atom stereocenters. The molecule has 1 aromatic carbocycles. The summed E-state index contributed by atoms with van der Waals surface area (Å²) in [6, 6.07) is 3.79. The number of alkyl halides is 3. The zero-order chi connectivity index (χ0) is 31.7. The van der Waals surface area contributed by atoms with Crippen LogP contribution >= 0.6 is 0 Å². The number of amides is 2. The number of cyclic esters (lactones) is 1. The van der Waals surface area contributed by atoms with Crippen molar-refractivity contribution >= 4 is 34.8 Å². The third kappa shape index (κ3) is 7.53. The standard InChI is InChI=1S/C31H40F3N5O4/c1-17(2)25-26(40)35-18(3)27(41)39-15-7-8-23(38-39)28(42)43-19(4)22-12-11-21-10-9-20(16-24(21)36-22)13-14-30(5,6)29(37-25)31(32,33)34/h9-14,16-19,23,25,29,37-38H,7-8,15H2,1-6H3,(H,35,40)/b14-13+/t18-,19+,23-,25?,29+/m0/s1. The molecule has 0 aliphatic carbocycles. The van der Waals surface area contributed by atoms with Crippen LogP contribution in [-0.4, -0.2) is 64.7 Å². The predicted molar refractivity (Wildman–Crippen MR) is 156 cm³/mol. The van der Waals surface area contributed by atoms with Crippen LogP contribution in [0.25, 0.3) is 17.0 Å². The van der Waals surface area contributed by atoms with Crippen LogP contribution in [0.5, 0.6) is 0 Å². The Hall–Kier alpha value is -3.51. The molecule has 234 valence electrons. The van der Waals surface area contributed by atoms with Crippen molar-refractivity contribution in [1.29, 1.82) is 0 Å². The highest BCUT2D eigenvalue weighted by Gasteiger charge is 2.50. The average Bonchev–Trinajstić information content (AvgIpc) is 2.93. The van der Waals surface area contributed by atoms with Crippen LogP contribution < -0.4 is 16.1 Å². The van der Waals surface area contributed by atoms with E-state index in [1.165, 1.54) is 31.9 Å². The minimum Gasteiger partial charge on any atom is -0.455 e. The maximum atomic E-state index is 14.5. The molecular formula is C31H40F3N5O4. The molecule has 43 heavy (non-hydrogen) atoms. The number of pyridine rings is 1. The van der Waals surface area contributed by atoms with E-state index in [1.54, 1.807) is 45.0 Å². The smallest absolute Gasteiger partial charge is 0.404 e. The van der Waals surface area contributed by atoms with Crippen molar-refractivity contribution in [3.63, 3.8) is 0 Å². The van der Waals surface area contributed by atoms with E-state index in [-0.39, 0.29) is 6.54 Å². The number of rotatable bonds is 1. The average molecular weight is 604 g/mol. The number of hydrogen-bond donors (Lipinski definition) is 3. The van der Waals surface area contributed by atoms with Gasteiger partial charge in [-0.3, -0.25) is 24.7 Å². The maximum Gasteiger partial charge on any atom is 0.404 e. The number of nitrogens with zero attached hydrogens (tertiary/aromatic N) is 2. The molecule has 5 bridgehead atoms.